The molecule has 0 N–H and O–H groups in total. The molecule has 0 unspecified atom stereocenters. The second-order valence-corrected chi connectivity index (χ2v) is 5.69. The first kappa shape index (κ1) is 13.1. The van der Waals surface area contributed by atoms with Crippen LogP contribution in [0.25, 0.3) is 0 Å². The second-order valence-electron chi connectivity index (χ2n) is 4.66. The van der Waals surface area contributed by atoms with Gasteiger partial charge < -0.3 is 4.90 Å². The van der Waals surface area contributed by atoms with Gasteiger partial charge in [-0.3, -0.25) is 4.79 Å². The molecule has 1 heterocycles. The van der Waals surface area contributed by atoms with Crippen LogP contribution in [0, 0.1) is 11.3 Å². The summed E-state index contributed by atoms with van der Waals surface area (Å²) < 4.78 is 0. The fraction of sp³-hybridized carbons (Fsp3) is 0.571. The zero-order valence-corrected chi connectivity index (χ0v) is 11.3. The quantitative estimate of drug-likeness (QED) is 0.758. The van der Waals surface area contributed by atoms with Crippen molar-refractivity contribution in [1.82, 2.24) is 4.90 Å². The Balaban J connectivity index is 1.73. The number of carbonyl (C=O) groups excluding carboxylic acids is 1. The van der Waals surface area contributed by atoms with Crippen LogP contribution in [0.5, 0.6) is 0 Å². The Bertz CT molecular complexity index is 418. The van der Waals surface area contributed by atoms with Crippen LogP contribution in [0.15, 0.2) is 17.5 Å². The minimum Gasteiger partial charge on any atom is -0.339 e. The molecule has 1 amide bonds. The highest BCUT2D eigenvalue weighted by Gasteiger charge is 2.31. The van der Waals surface area contributed by atoms with E-state index in [4.69, 9.17) is 5.26 Å². The molecular formula is C14H18N2OS. The Morgan fingerprint density at radius 1 is 1.56 bits per heavy atom. The number of thiophene rings is 1. The molecule has 4 heteroatoms. The largest absolute Gasteiger partial charge is 0.339 e. The van der Waals surface area contributed by atoms with E-state index in [1.807, 2.05) is 11.0 Å². The average molecular weight is 262 g/mol. The number of carbonyl (C=O) groups is 1. The molecule has 1 aliphatic rings. The molecule has 0 aromatic carbocycles. The summed E-state index contributed by atoms with van der Waals surface area (Å²) in [6.07, 6.45) is 5.19. The van der Waals surface area contributed by atoms with E-state index < -0.39 is 0 Å². The predicted octanol–water partition coefficient (Wildman–Crippen LogP) is 2.98. The van der Waals surface area contributed by atoms with Crippen LogP contribution in [0.3, 0.4) is 0 Å². The monoisotopic (exact) mass is 262 g/mol. The van der Waals surface area contributed by atoms with Gasteiger partial charge in [0.25, 0.3) is 0 Å². The van der Waals surface area contributed by atoms with Crippen LogP contribution >= 0.6 is 11.3 Å². The lowest BCUT2D eigenvalue weighted by Gasteiger charge is -2.21. The van der Waals surface area contributed by atoms with Crippen molar-refractivity contribution in [3.05, 3.63) is 22.4 Å². The molecule has 0 spiro atoms. The molecule has 3 nitrogen and oxygen atoms in total. The highest BCUT2D eigenvalue weighted by atomic mass is 32.1. The summed E-state index contributed by atoms with van der Waals surface area (Å²) in [6, 6.07) is 6.71. The summed E-state index contributed by atoms with van der Waals surface area (Å²) >= 11 is 1.75. The van der Waals surface area contributed by atoms with Crippen molar-refractivity contribution in [1.29, 1.82) is 5.26 Å². The summed E-state index contributed by atoms with van der Waals surface area (Å²) in [5, 5.41) is 10.7. The van der Waals surface area contributed by atoms with Gasteiger partial charge in [-0.2, -0.15) is 5.26 Å². The molecular weight excluding hydrogens is 244 g/mol. The number of amides is 1. The normalized spacial score (nSPS) is 14.2. The van der Waals surface area contributed by atoms with Gasteiger partial charge in [0.2, 0.25) is 5.91 Å². The average Bonchev–Trinajstić information content (AvgIpc) is 3.06. The Morgan fingerprint density at radius 3 is 3.00 bits per heavy atom. The predicted molar refractivity (Wildman–Crippen MR) is 72.2 cm³/mol. The fourth-order valence-electron chi connectivity index (χ4n) is 2.08. The fourth-order valence-corrected chi connectivity index (χ4v) is 2.83. The zero-order chi connectivity index (χ0) is 12.8. The smallest absolute Gasteiger partial charge is 0.222 e. The third-order valence-corrected chi connectivity index (χ3v) is 4.10. The number of rotatable bonds is 7. The molecule has 2 rings (SSSR count). The van der Waals surface area contributed by atoms with E-state index in [-0.39, 0.29) is 5.91 Å². The van der Waals surface area contributed by atoms with E-state index in [0.29, 0.717) is 25.4 Å². The highest BCUT2D eigenvalue weighted by molar-refractivity contribution is 7.09. The van der Waals surface area contributed by atoms with Gasteiger partial charge in [0.1, 0.15) is 0 Å². The van der Waals surface area contributed by atoms with Gasteiger partial charge in [0, 0.05) is 23.9 Å². The van der Waals surface area contributed by atoms with E-state index in [0.717, 1.165) is 25.7 Å². The minimum absolute atomic E-state index is 0.226. The van der Waals surface area contributed by atoms with Gasteiger partial charge in [-0.15, -0.1) is 11.3 Å². The molecule has 1 aromatic rings. The highest BCUT2D eigenvalue weighted by Crippen LogP contribution is 2.27. The van der Waals surface area contributed by atoms with Crippen LogP contribution in [-0.2, 0) is 11.2 Å². The standard InChI is InChI=1S/C14H18N2OS/c15-9-3-10-16(12-7-8-12)14(17)6-1-4-13-5-2-11-18-13/h2,5,11-12H,1,3-4,6-8,10H2. The summed E-state index contributed by atoms with van der Waals surface area (Å²) in [5.74, 6) is 0.226. The maximum absolute atomic E-state index is 12.1. The second kappa shape index (κ2) is 6.55. The first-order valence-corrected chi connectivity index (χ1v) is 7.38. The molecule has 0 aliphatic heterocycles. The van der Waals surface area contributed by atoms with Gasteiger partial charge in [-0.05, 0) is 37.1 Å². The SMILES string of the molecule is N#CCCN(C(=O)CCCc1cccs1)C1CC1. The Hall–Kier alpha value is -1.34. The Morgan fingerprint density at radius 2 is 2.39 bits per heavy atom. The van der Waals surface area contributed by atoms with Crippen LogP contribution in [-0.4, -0.2) is 23.4 Å². The minimum atomic E-state index is 0.226. The van der Waals surface area contributed by atoms with Gasteiger partial charge in [-0.25, -0.2) is 0 Å². The Labute approximate surface area is 112 Å². The van der Waals surface area contributed by atoms with Crippen molar-refractivity contribution in [3.8, 4) is 6.07 Å². The number of hydrogen-bond donors (Lipinski definition) is 0. The number of nitriles is 1. The summed E-state index contributed by atoms with van der Waals surface area (Å²) in [4.78, 5) is 15.3. The van der Waals surface area contributed by atoms with Crippen molar-refractivity contribution in [2.24, 2.45) is 0 Å². The van der Waals surface area contributed by atoms with Gasteiger partial charge in [0.15, 0.2) is 0 Å². The first-order valence-electron chi connectivity index (χ1n) is 6.50. The lowest BCUT2D eigenvalue weighted by molar-refractivity contribution is -0.131. The number of nitrogens with zero attached hydrogens (tertiary/aromatic N) is 2. The summed E-state index contributed by atoms with van der Waals surface area (Å²) in [7, 11) is 0. The number of hydrogen-bond acceptors (Lipinski definition) is 3. The first-order chi connectivity index (χ1) is 8.81. The molecule has 96 valence electrons. The van der Waals surface area contributed by atoms with Crippen LogP contribution in [0.1, 0.15) is 37.0 Å². The van der Waals surface area contributed by atoms with Gasteiger partial charge >= 0.3 is 0 Å². The Kier molecular flexibility index (Phi) is 4.77. The van der Waals surface area contributed by atoms with Gasteiger partial charge in [0.05, 0.1) is 12.5 Å². The topological polar surface area (TPSA) is 44.1 Å². The molecule has 0 radical (unpaired) electrons. The summed E-state index contributed by atoms with van der Waals surface area (Å²) in [6.45, 7) is 0.610. The third kappa shape index (κ3) is 3.85. The maximum Gasteiger partial charge on any atom is 0.222 e. The molecule has 18 heavy (non-hydrogen) atoms. The summed E-state index contributed by atoms with van der Waals surface area (Å²) in [5.41, 5.74) is 0. The van der Waals surface area contributed by atoms with Crippen LogP contribution in [0.2, 0.25) is 0 Å². The van der Waals surface area contributed by atoms with Crippen LogP contribution < -0.4 is 0 Å². The third-order valence-electron chi connectivity index (χ3n) is 3.17. The van der Waals surface area contributed by atoms with Crippen molar-refractivity contribution in [2.45, 2.75) is 44.6 Å². The number of aryl methyl sites for hydroxylation is 1. The van der Waals surface area contributed by atoms with E-state index in [1.54, 1.807) is 11.3 Å². The molecule has 0 saturated heterocycles. The van der Waals surface area contributed by atoms with Crippen molar-refractivity contribution in [2.75, 3.05) is 6.54 Å². The lowest BCUT2D eigenvalue weighted by atomic mass is 10.2. The van der Waals surface area contributed by atoms with E-state index in [1.165, 1.54) is 4.88 Å². The van der Waals surface area contributed by atoms with Crippen molar-refractivity contribution < 1.29 is 4.79 Å². The van der Waals surface area contributed by atoms with Crippen molar-refractivity contribution >= 4 is 17.2 Å². The maximum atomic E-state index is 12.1. The zero-order valence-electron chi connectivity index (χ0n) is 10.5. The lowest BCUT2D eigenvalue weighted by Crippen LogP contribution is -2.33. The van der Waals surface area contributed by atoms with Gasteiger partial charge in [-0.1, -0.05) is 6.07 Å². The van der Waals surface area contributed by atoms with E-state index >= 15 is 0 Å². The van der Waals surface area contributed by atoms with Crippen LogP contribution in [0.4, 0.5) is 0 Å². The molecule has 1 aliphatic carbocycles. The van der Waals surface area contributed by atoms with Crippen molar-refractivity contribution in [3.63, 3.8) is 0 Å². The molecule has 0 bridgehead atoms. The molecule has 1 aromatic heterocycles. The molecule has 1 saturated carbocycles. The van der Waals surface area contributed by atoms with E-state index in [2.05, 4.69) is 17.5 Å². The molecule has 0 atom stereocenters. The molecule has 1 fully saturated rings. The van der Waals surface area contributed by atoms with E-state index in [9.17, 15) is 4.79 Å².